The number of nitrogens with one attached hydrogen (secondary N) is 1. The van der Waals surface area contributed by atoms with Gasteiger partial charge in [-0.1, -0.05) is 13.8 Å². The molecule has 0 saturated carbocycles. The summed E-state index contributed by atoms with van der Waals surface area (Å²) in [5, 5.41) is 1.57. The Morgan fingerprint density at radius 3 is 2.44 bits per heavy atom. The van der Waals surface area contributed by atoms with Gasteiger partial charge in [-0.2, -0.15) is 13.2 Å². The Morgan fingerprint density at radius 1 is 1.28 bits per heavy atom. The van der Waals surface area contributed by atoms with Crippen molar-refractivity contribution in [2.75, 3.05) is 32.8 Å². The minimum Gasteiger partial charge on any atom is -0.449 e. The summed E-state index contributed by atoms with van der Waals surface area (Å²) in [4.78, 5) is 37.7. The summed E-state index contributed by atoms with van der Waals surface area (Å²) in [7, 11) is 0. The van der Waals surface area contributed by atoms with Gasteiger partial charge in [0.15, 0.2) is 0 Å². The number of hydrogen-bond acceptors (Lipinski definition) is 4. The second-order valence-corrected chi connectivity index (χ2v) is 7.14. The number of likely N-dealkylation sites (tertiary alicyclic amines) is 1. The highest BCUT2D eigenvalue weighted by atomic mass is 19.4. The molecular weight excluding hydrogens is 343 g/mol. The van der Waals surface area contributed by atoms with Crippen LogP contribution >= 0.6 is 0 Å². The number of nitrogens with zero attached hydrogens (tertiary/aromatic N) is 2. The zero-order valence-electron chi connectivity index (χ0n) is 14.2. The van der Waals surface area contributed by atoms with Crippen LogP contribution < -0.4 is 5.32 Å². The quantitative estimate of drug-likeness (QED) is 0.813. The van der Waals surface area contributed by atoms with E-state index in [-0.39, 0.29) is 17.6 Å². The zero-order chi connectivity index (χ0) is 18.8. The second-order valence-electron chi connectivity index (χ2n) is 7.14. The van der Waals surface area contributed by atoms with Crippen molar-refractivity contribution in [1.82, 2.24) is 15.1 Å². The molecule has 142 valence electrons. The lowest BCUT2D eigenvalue weighted by molar-refractivity contribution is -0.174. The maximum absolute atomic E-state index is 12.1. The van der Waals surface area contributed by atoms with Crippen LogP contribution in [0.1, 0.15) is 26.7 Å². The predicted octanol–water partition coefficient (Wildman–Crippen LogP) is 1.13. The van der Waals surface area contributed by atoms with Gasteiger partial charge in [-0.3, -0.25) is 9.59 Å². The Hall–Kier alpha value is -2.00. The minimum atomic E-state index is -5.01. The maximum atomic E-state index is 12.1. The third-order valence-electron chi connectivity index (χ3n) is 4.33. The van der Waals surface area contributed by atoms with E-state index in [0.717, 1.165) is 0 Å². The van der Waals surface area contributed by atoms with E-state index in [1.54, 1.807) is 10.2 Å². The number of alkyl halides is 3. The summed E-state index contributed by atoms with van der Waals surface area (Å²) in [6.07, 6.45) is -4.34. The van der Waals surface area contributed by atoms with E-state index in [9.17, 15) is 27.6 Å². The average molecular weight is 365 g/mol. The largest absolute Gasteiger partial charge is 0.471 e. The molecule has 0 atom stereocenters. The molecule has 0 aliphatic carbocycles. The molecule has 2 aliphatic heterocycles. The number of ether oxygens (including phenoxy) is 1. The fraction of sp³-hybridized carbons (Fsp3) is 0.800. The molecule has 7 nitrogen and oxygen atoms in total. The van der Waals surface area contributed by atoms with Gasteiger partial charge >= 0.3 is 18.2 Å². The van der Waals surface area contributed by atoms with Gasteiger partial charge < -0.3 is 19.9 Å². The van der Waals surface area contributed by atoms with Gasteiger partial charge in [0.2, 0.25) is 5.91 Å². The fourth-order valence-corrected chi connectivity index (χ4v) is 2.98. The molecule has 2 fully saturated rings. The Morgan fingerprint density at radius 2 is 1.88 bits per heavy atom. The Kier molecular flexibility index (Phi) is 5.48. The first-order valence-corrected chi connectivity index (χ1v) is 8.06. The summed E-state index contributed by atoms with van der Waals surface area (Å²) < 4.78 is 41.5. The molecule has 3 amide bonds. The van der Waals surface area contributed by atoms with Gasteiger partial charge in [0.1, 0.15) is 0 Å². The van der Waals surface area contributed by atoms with Crippen molar-refractivity contribution in [3.8, 4) is 0 Å². The number of cyclic esters (lactones) is 1. The van der Waals surface area contributed by atoms with Crippen molar-refractivity contribution in [2.45, 2.75) is 38.9 Å². The fourth-order valence-electron chi connectivity index (χ4n) is 2.98. The number of rotatable bonds is 3. The first-order valence-electron chi connectivity index (χ1n) is 8.06. The number of piperidine rings is 1. The van der Waals surface area contributed by atoms with Crippen LogP contribution in [-0.4, -0.2) is 72.7 Å². The molecule has 0 unspecified atom stereocenters. The maximum Gasteiger partial charge on any atom is 0.471 e. The molecule has 2 saturated heterocycles. The van der Waals surface area contributed by atoms with Crippen LogP contribution in [0.4, 0.5) is 18.0 Å². The molecule has 0 radical (unpaired) electrons. The third kappa shape index (κ3) is 4.99. The van der Waals surface area contributed by atoms with Crippen molar-refractivity contribution in [3.63, 3.8) is 0 Å². The summed E-state index contributed by atoms with van der Waals surface area (Å²) in [6.45, 7) is 4.85. The van der Waals surface area contributed by atoms with Crippen molar-refractivity contribution in [3.05, 3.63) is 0 Å². The van der Waals surface area contributed by atoms with Crippen LogP contribution in [0.2, 0.25) is 0 Å². The number of carbonyl (C=O) groups is 3. The van der Waals surface area contributed by atoms with Crippen molar-refractivity contribution >= 4 is 17.9 Å². The highest BCUT2D eigenvalue weighted by molar-refractivity contribution is 5.87. The van der Waals surface area contributed by atoms with Crippen molar-refractivity contribution in [2.24, 2.45) is 5.41 Å². The summed E-state index contributed by atoms with van der Waals surface area (Å²) in [6, 6.07) is -0.0686. The van der Waals surface area contributed by atoms with Gasteiger partial charge in [-0.25, -0.2) is 4.79 Å². The third-order valence-corrected chi connectivity index (χ3v) is 4.33. The summed E-state index contributed by atoms with van der Waals surface area (Å²) >= 11 is 0. The van der Waals surface area contributed by atoms with E-state index >= 15 is 0 Å². The standard InChI is InChI=1S/C15H22F3N3O4/c1-14(2)8-21(13(24)25-9-14)10-3-5-20(6-4-10)11(22)7-19-12(23)15(16,17)18/h10H,3-9H2,1-2H3,(H,19,23). The molecule has 0 aromatic heterocycles. The van der Waals surface area contributed by atoms with Crippen LogP contribution in [0.15, 0.2) is 0 Å². The molecule has 0 spiro atoms. The van der Waals surface area contributed by atoms with Gasteiger partial charge in [0, 0.05) is 31.1 Å². The van der Waals surface area contributed by atoms with E-state index < -0.39 is 24.5 Å². The predicted molar refractivity (Wildman–Crippen MR) is 80.5 cm³/mol. The zero-order valence-corrected chi connectivity index (χ0v) is 14.2. The second kappa shape index (κ2) is 7.09. The molecule has 0 aromatic rings. The van der Waals surface area contributed by atoms with E-state index in [0.29, 0.717) is 39.1 Å². The molecule has 25 heavy (non-hydrogen) atoms. The topological polar surface area (TPSA) is 79.0 Å². The molecule has 10 heteroatoms. The lowest BCUT2D eigenvalue weighted by Crippen LogP contribution is -2.55. The number of halogens is 3. The first kappa shape index (κ1) is 19.3. The lowest BCUT2D eigenvalue weighted by atomic mass is 9.91. The monoisotopic (exact) mass is 365 g/mol. The van der Waals surface area contributed by atoms with E-state index in [1.807, 2.05) is 13.8 Å². The summed E-state index contributed by atoms with van der Waals surface area (Å²) in [5.41, 5.74) is -0.150. The molecule has 2 aliphatic rings. The number of carbonyl (C=O) groups excluding carboxylic acids is 3. The van der Waals surface area contributed by atoms with Crippen molar-refractivity contribution in [1.29, 1.82) is 0 Å². The average Bonchev–Trinajstić information content (AvgIpc) is 2.54. The van der Waals surface area contributed by atoms with E-state index in [2.05, 4.69) is 0 Å². The molecule has 0 bridgehead atoms. The Balaban J connectivity index is 1.82. The highest BCUT2D eigenvalue weighted by Gasteiger charge is 2.40. The Bertz CT molecular complexity index is 543. The lowest BCUT2D eigenvalue weighted by Gasteiger charge is -2.44. The van der Waals surface area contributed by atoms with Crippen LogP contribution in [0.25, 0.3) is 0 Å². The van der Waals surface area contributed by atoms with Crippen LogP contribution in [0.5, 0.6) is 0 Å². The van der Waals surface area contributed by atoms with Crippen molar-refractivity contribution < 1.29 is 32.3 Å². The van der Waals surface area contributed by atoms with Gasteiger partial charge in [-0.05, 0) is 12.8 Å². The van der Waals surface area contributed by atoms with E-state index in [1.165, 1.54) is 4.90 Å². The minimum absolute atomic E-state index is 0.0686. The highest BCUT2D eigenvalue weighted by Crippen LogP contribution is 2.28. The number of amides is 3. The normalized spacial score (nSPS) is 21.7. The first-order chi connectivity index (χ1) is 11.5. The summed E-state index contributed by atoms with van der Waals surface area (Å²) in [5.74, 6) is -2.70. The van der Waals surface area contributed by atoms with Gasteiger partial charge in [-0.15, -0.1) is 0 Å². The van der Waals surface area contributed by atoms with E-state index in [4.69, 9.17) is 4.74 Å². The molecule has 1 N–H and O–H groups in total. The van der Waals surface area contributed by atoms with Crippen LogP contribution in [0, 0.1) is 5.41 Å². The van der Waals surface area contributed by atoms with Crippen LogP contribution in [0.3, 0.4) is 0 Å². The van der Waals surface area contributed by atoms with Gasteiger partial charge in [0.05, 0.1) is 13.2 Å². The van der Waals surface area contributed by atoms with Crippen LogP contribution in [-0.2, 0) is 14.3 Å². The van der Waals surface area contributed by atoms with Gasteiger partial charge in [0.25, 0.3) is 0 Å². The molecule has 0 aromatic carbocycles. The SMILES string of the molecule is CC1(C)COC(=O)N(C2CCN(C(=O)CNC(=O)C(F)(F)F)CC2)C1. The smallest absolute Gasteiger partial charge is 0.449 e. The number of hydrogen-bond donors (Lipinski definition) is 1. The molecule has 2 rings (SSSR count). The molecule has 2 heterocycles. The molecular formula is C15H22F3N3O4. The Labute approximate surface area is 143 Å².